The third kappa shape index (κ3) is 2.20. The normalized spacial score (nSPS) is 33.2. The predicted molar refractivity (Wildman–Crippen MR) is 53.2 cm³/mol. The van der Waals surface area contributed by atoms with E-state index in [9.17, 15) is 0 Å². The summed E-state index contributed by atoms with van der Waals surface area (Å²) in [6.07, 6.45) is 1.28. The van der Waals surface area contributed by atoms with Gasteiger partial charge >= 0.3 is 0 Å². The van der Waals surface area contributed by atoms with Gasteiger partial charge in [-0.05, 0) is 13.5 Å². The smallest absolute Gasteiger partial charge is 0.0381 e. The Kier molecular flexibility index (Phi) is 2.83. The highest BCUT2D eigenvalue weighted by atomic mass is 15.5. The van der Waals surface area contributed by atoms with E-state index in [4.69, 9.17) is 5.84 Å². The van der Waals surface area contributed by atoms with Crippen LogP contribution in [0, 0.1) is 0 Å². The van der Waals surface area contributed by atoms with Gasteiger partial charge in [-0.25, -0.2) is 5.01 Å². The number of nitrogens with two attached hydrogens (primary N) is 1. The first-order chi connectivity index (χ1) is 6.25. The van der Waals surface area contributed by atoms with E-state index >= 15 is 0 Å². The third-order valence-electron chi connectivity index (χ3n) is 3.25. The van der Waals surface area contributed by atoms with Crippen LogP contribution in [0.3, 0.4) is 0 Å². The van der Waals surface area contributed by atoms with E-state index in [1.165, 1.54) is 39.1 Å². The molecule has 2 fully saturated rings. The van der Waals surface area contributed by atoms with Crippen molar-refractivity contribution in [2.24, 2.45) is 5.84 Å². The van der Waals surface area contributed by atoms with Crippen molar-refractivity contribution in [3.05, 3.63) is 0 Å². The lowest BCUT2D eigenvalue weighted by atomic mass is 10.1. The van der Waals surface area contributed by atoms with Crippen molar-refractivity contribution in [3.8, 4) is 0 Å². The number of rotatable bonds is 2. The molecule has 0 aromatic rings. The maximum atomic E-state index is 5.76. The van der Waals surface area contributed by atoms with Crippen LogP contribution in [-0.2, 0) is 0 Å². The average Bonchev–Trinajstić information content (AvgIpc) is 2.15. The lowest BCUT2D eigenvalue weighted by molar-refractivity contribution is 0.0412. The van der Waals surface area contributed by atoms with Crippen molar-refractivity contribution in [1.82, 2.24) is 14.8 Å². The highest BCUT2D eigenvalue weighted by molar-refractivity contribution is 4.83. The zero-order chi connectivity index (χ0) is 9.26. The molecule has 76 valence electrons. The van der Waals surface area contributed by atoms with E-state index in [-0.39, 0.29) is 0 Å². The number of likely N-dealkylation sites (N-methyl/N-ethyl adjacent to an activating group) is 1. The van der Waals surface area contributed by atoms with E-state index in [0.29, 0.717) is 6.04 Å². The van der Waals surface area contributed by atoms with Gasteiger partial charge in [0, 0.05) is 45.3 Å². The molecular formula is C9H20N4. The summed E-state index contributed by atoms with van der Waals surface area (Å²) in [5, 5.41) is 1.97. The Morgan fingerprint density at radius 2 is 1.85 bits per heavy atom. The molecule has 0 spiro atoms. The monoisotopic (exact) mass is 184 g/mol. The molecule has 4 nitrogen and oxygen atoms in total. The van der Waals surface area contributed by atoms with Gasteiger partial charge in [0.25, 0.3) is 0 Å². The maximum Gasteiger partial charge on any atom is 0.0381 e. The Morgan fingerprint density at radius 1 is 1.15 bits per heavy atom. The summed E-state index contributed by atoms with van der Waals surface area (Å²) >= 11 is 0. The van der Waals surface area contributed by atoms with Gasteiger partial charge in [-0.2, -0.15) is 0 Å². The molecule has 0 amide bonds. The van der Waals surface area contributed by atoms with Crippen LogP contribution in [0.2, 0.25) is 0 Å². The molecule has 2 aliphatic heterocycles. The molecule has 0 aromatic carbocycles. The summed E-state index contributed by atoms with van der Waals surface area (Å²) < 4.78 is 0. The summed E-state index contributed by atoms with van der Waals surface area (Å²) in [5.41, 5.74) is 0. The predicted octanol–water partition coefficient (Wildman–Crippen LogP) is -0.818. The minimum atomic E-state index is 0.628. The van der Waals surface area contributed by atoms with Crippen molar-refractivity contribution in [2.45, 2.75) is 12.5 Å². The molecule has 2 rings (SSSR count). The fourth-order valence-electron chi connectivity index (χ4n) is 1.99. The quantitative estimate of drug-likeness (QED) is 0.569. The van der Waals surface area contributed by atoms with Gasteiger partial charge in [0.1, 0.15) is 0 Å². The molecule has 2 saturated heterocycles. The van der Waals surface area contributed by atoms with Gasteiger partial charge in [-0.3, -0.25) is 10.7 Å². The number of hydrogen-bond donors (Lipinski definition) is 1. The first-order valence-corrected chi connectivity index (χ1v) is 5.18. The Hall–Kier alpha value is -0.160. The highest BCUT2D eigenvalue weighted by Crippen LogP contribution is 2.14. The topological polar surface area (TPSA) is 35.7 Å². The van der Waals surface area contributed by atoms with Crippen LogP contribution in [0.25, 0.3) is 0 Å². The van der Waals surface area contributed by atoms with E-state index in [1.54, 1.807) is 0 Å². The second-order valence-electron chi connectivity index (χ2n) is 4.28. The van der Waals surface area contributed by atoms with Crippen LogP contribution in [0.5, 0.6) is 0 Å². The third-order valence-corrected chi connectivity index (χ3v) is 3.25. The van der Waals surface area contributed by atoms with Gasteiger partial charge in [0.15, 0.2) is 0 Å². The average molecular weight is 184 g/mol. The van der Waals surface area contributed by atoms with Gasteiger partial charge in [-0.15, -0.1) is 0 Å². The molecule has 2 aliphatic rings. The molecule has 4 heteroatoms. The van der Waals surface area contributed by atoms with Crippen LogP contribution in [0.15, 0.2) is 0 Å². The molecular weight excluding hydrogens is 164 g/mol. The summed E-state index contributed by atoms with van der Waals surface area (Å²) in [6, 6.07) is 0.628. The van der Waals surface area contributed by atoms with Gasteiger partial charge in [0.05, 0.1) is 0 Å². The van der Waals surface area contributed by atoms with Crippen LogP contribution in [-0.4, -0.2) is 67.2 Å². The zero-order valence-electron chi connectivity index (χ0n) is 8.45. The minimum absolute atomic E-state index is 0.628. The SMILES string of the molecule is CN1CCN(C[C@H]2CCN2N)CC1. The van der Waals surface area contributed by atoms with Gasteiger partial charge in [0.2, 0.25) is 0 Å². The molecule has 0 radical (unpaired) electrons. The summed E-state index contributed by atoms with van der Waals surface area (Å²) in [5.74, 6) is 5.76. The maximum absolute atomic E-state index is 5.76. The molecule has 0 aromatic heterocycles. The van der Waals surface area contributed by atoms with Crippen LogP contribution >= 0.6 is 0 Å². The Bertz CT molecular complexity index is 165. The molecule has 2 heterocycles. The molecule has 1 atom stereocenters. The fourth-order valence-corrected chi connectivity index (χ4v) is 1.99. The Labute approximate surface area is 80.2 Å². The minimum Gasteiger partial charge on any atom is -0.304 e. The van der Waals surface area contributed by atoms with Crippen LogP contribution in [0.1, 0.15) is 6.42 Å². The second kappa shape index (κ2) is 3.92. The summed E-state index contributed by atoms with van der Waals surface area (Å²) in [4.78, 5) is 4.92. The van der Waals surface area contributed by atoms with Crippen molar-refractivity contribution in [3.63, 3.8) is 0 Å². The van der Waals surface area contributed by atoms with Crippen molar-refractivity contribution < 1.29 is 0 Å². The Morgan fingerprint density at radius 3 is 2.31 bits per heavy atom. The first-order valence-electron chi connectivity index (χ1n) is 5.18. The lowest BCUT2D eigenvalue weighted by Gasteiger charge is -2.42. The summed E-state index contributed by atoms with van der Waals surface area (Å²) in [7, 11) is 2.19. The van der Waals surface area contributed by atoms with Gasteiger partial charge in [-0.1, -0.05) is 0 Å². The fraction of sp³-hybridized carbons (Fsp3) is 1.00. The highest BCUT2D eigenvalue weighted by Gasteiger charge is 2.27. The number of hydrogen-bond acceptors (Lipinski definition) is 4. The van der Waals surface area contributed by atoms with Crippen molar-refractivity contribution in [2.75, 3.05) is 46.3 Å². The summed E-state index contributed by atoms with van der Waals surface area (Å²) in [6.45, 7) is 7.08. The first kappa shape index (κ1) is 9.40. The van der Waals surface area contributed by atoms with Crippen molar-refractivity contribution >= 4 is 0 Å². The van der Waals surface area contributed by atoms with Crippen molar-refractivity contribution in [1.29, 1.82) is 0 Å². The molecule has 0 aliphatic carbocycles. The Balaban J connectivity index is 1.70. The molecule has 0 unspecified atom stereocenters. The molecule has 2 N–H and O–H groups in total. The number of piperazine rings is 1. The van der Waals surface area contributed by atoms with E-state index in [2.05, 4.69) is 16.8 Å². The van der Waals surface area contributed by atoms with Gasteiger partial charge < -0.3 is 4.90 Å². The van der Waals surface area contributed by atoms with E-state index in [0.717, 1.165) is 6.54 Å². The standard InChI is InChI=1S/C9H20N4/c1-11-4-6-12(7-5-11)8-9-2-3-13(9)10/h9H,2-8,10H2,1H3/t9-/m1/s1. The van der Waals surface area contributed by atoms with E-state index in [1.807, 2.05) is 5.01 Å². The largest absolute Gasteiger partial charge is 0.304 e. The zero-order valence-corrected chi connectivity index (χ0v) is 8.45. The van der Waals surface area contributed by atoms with Crippen LogP contribution in [0.4, 0.5) is 0 Å². The number of nitrogens with zero attached hydrogens (tertiary/aromatic N) is 3. The molecule has 0 saturated carbocycles. The van der Waals surface area contributed by atoms with Crippen LogP contribution < -0.4 is 5.84 Å². The lowest BCUT2D eigenvalue weighted by Crippen LogP contribution is -2.58. The molecule has 13 heavy (non-hydrogen) atoms. The second-order valence-corrected chi connectivity index (χ2v) is 4.28. The number of hydrazine groups is 1. The van der Waals surface area contributed by atoms with E-state index < -0.39 is 0 Å². The molecule has 0 bridgehead atoms.